The molecular weight excluding hydrogens is 612 g/mol. The van der Waals surface area contributed by atoms with Crippen LogP contribution in [0, 0.1) is 56.7 Å². The molecule has 5 aliphatic carbocycles. The summed E-state index contributed by atoms with van der Waals surface area (Å²) in [5, 5.41) is 13.3. The molecule has 0 saturated heterocycles. The monoisotopic (exact) mass is 674 g/mol. The van der Waals surface area contributed by atoms with E-state index in [1.54, 1.807) is 19.4 Å². The number of carbonyl (C=O) groups is 3. The van der Waals surface area contributed by atoms with Gasteiger partial charge in [-0.25, -0.2) is 0 Å². The molecule has 1 aromatic heterocycles. The Morgan fingerprint density at radius 2 is 1.73 bits per heavy atom. The molecule has 49 heavy (non-hydrogen) atoms. The Morgan fingerprint density at radius 1 is 1.02 bits per heavy atom. The van der Waals surface area contributed by atoms with Crippen molar-refractivity contribution in [2.75, 3.05) is 6.54 Å². The average Bonchev–Trinajstić information content (AvgIpc) is 3.33. The number of nitrogens with one attached hydrogen (secondary N) is 1. The molecule has 2 N–H and O–H groups in total. The number of carboxylic acid groups (broad SMARTS) is 1. The van der Waals surface area contributed by atoms with E-state index in [4.69, 9.17) is 4.74 Å². The summed E-state index contributed by atoms with van der Waals surface area (Å²) in [6, 6.07) is 4.13. The normalized spacial score (nSPS) is 38.8. The zero-order valence-electron chi connectivity index (χ0n) is 31.5. The molecule has 7 nitrogen and oxygen atoms in total. The maximum Gasteiger partial charge on any atom is 0.309 e. The molecule has 7 heteroatoms. The number of hydrogen-bond donors (Lipinski definition) is 2. The molecule has 0 bridgehead atoms. The minimum atomic E-state index is -1.13. The first kappa shape index (κ1) is 36.3. The van der Waals surface area contributed by atoms with Gasteiger partial charge in [-0.2, -0.15) is 0 Å². The van der Waals surface area contributed by atoms with E-state index >= 15 is 0 Å². The van der Waals surface area contributed by atoms with Gasteiger partial charge in [0, 0.05) is 30.8 Å². The number of aromatic nitrogens is 1. The largest absolute Gasteiger partial charge is 0.481 e. The number of fused-ring (bicyclic) bond motifs is 7. The molecular formula is C42H62N2O5. The fourth-order valence-corrected chi connectivity index (χ4v) is 12.5. The number of rotatable bonds is 10. The van der Waals surface area contributed by atoms with Crippen LogP contribution in [0.4, 0.5) is 0 Å². The van der Waals surface area contributed by atoms with E-state index in [1.165, 1.54) is 24.8 Å². The van der Waals surface area contributed by atoms with Crippen LogP contribution in [0.5, 0.6) is 0 Å². The topological polar surface area (TPSA) is 106 Å². The fraction of sp³-hybridized carbons (Fsp3) is 0.762. The molecule has 0 aromatic carbocycles. The fourth-order valence-electron chi connectivity index (χ4n) is 12.5. The van der Waals surface area contributed by atoms with E-state index in [0.717, 1.165) is 57.2 Å². The smallest absolute Gasteiger partial charge is 0.309 e. The van der Waals surface area contributed by atoms with Crippen molar-refractivity contribution in [2.45, 2.75) is 139 Å². The summed E-state index contributed by atoms with van der Waals surface area (Å²) < 4.78 is 6.07. The van der Waals surface area contributed by atoms with Crippen LogP contribution in [0.2, 0.25) is 0 Å². The van der Waals surface area contributed by atoms with Crippen molar-refractivity contribution in [3.63, 3.8) is 0 Å². The summed E-state index contributed by atoms with van der Waals surface area (Å²) in [5.74, 6) is 1.03. The standard InChI is InChI=1S/C42H62N2O5/c1-26(2)35-31(45)23-42(19-22-44-25-28-13-20-43-21-14-28)18-17-40(7)30(36(35)42)9-10-33-39(6)15-12-32(27(3)29(39)11-16-41(33,40)8)49-34(46)24-38(4,5)37(47)48/h13-14,20-21,26-27,29-30,32-33,44H,9-12,15-19,22-25H2,1-8H3,(H,47,48)/t27?,29?,30-,32+,33?,39+,40-,41-,42-/m1/s1. The molecule has 5 aliphatic rings. The first-order valence-electron chi connectivity index (χ1n) is 19.3. The molecule has 0 spiro atoms. The van der Waals surface area contributed by atoms with E-state index in [2.05, 4.69) is 64.0 Å². The van der Waals surface area contributed by atoms with Crippen LogP contribution in [0.1, 0.15) is 132 Å². The molecule has 0 aliphatic heterocycles. The molecule has 0 amide bonds. The molecule has 3 unspecified atom stereocenters. The molecule has 9 atom stereocenters. The third-order valence-electron chi connectivity index (χ3n) is 15.4. The highest BCUT2D eigenvalue weighted by Gasteiger charge is 2.69. The van der Waals surface area contributed by atoms with Gasteiger partial charge in [-0.05, 0) is 147 Å². The van der Waals surface area contributed by atoms with Crippen LogP contribution in [-0.2, 0) is 25.7 Å². The van der Waals surface area contributed by atoms with Crippen molar-refractivity contribution in [1.82, 2.24) is 10.3 Å². The second kappa shape index (κ2) is 12.9. The van der Waals surface area contributed by atoms with Gasteiger partial charge in [0.05, 0.1) is 11.8 Å². The molecule has 1 aromatic rings. The summed E-state index contributed by atoms with van der Waals surface area (Å²) in [5.41, 5.74) is 3.26. The summed E-state index contributed by atoms with van der Waals surface area (Å²) in [4.78, 5) is 42.7. The lowest BCUT2D eigenvalue weighted by molar-refractivity contribution is -0.216. The van der Waals surface area contributed by atoms with Gasteiger partial charge in [0.1, 0.15) is 6.10 Å². The number of esters is 1. The number of ether oxygens (including phenoxy) is 1. The van der Waals surface area contributed by atoms with Gasteiger partial charge in [0.2, 0.25) is 0 Å². The van der Waals surface area contributed by atoms with Crippen LogP contribution in [0.3, 0.4) is 0 Å². The summed E-state index contributed by atoms with van der Waals surface area (Å²) in [7, 11) is 0. The molecule has 6 rings (SSSR count). The van der Waals surface area contributed by atoms with Crippen LogP contribution in [0.15, 0.2) is 35.7 Å². The van der Waals surface area contributed by atoms with Gasteiger partial charge >= 0.3 is 11.9 Å². The average molecular weight is 675 g/mol. The molecule has 4 saturated carbocycles. The number of allylic oxidation sites excluding steroid dienone is 2. The third kappa shape index (κ3) is 5.92. The Labute approximate surface area is 294 Å². The van der Waals surface area contributed by atoms with Crippen LogP contribution in [-0.4, -0.2) is 40.5 Å². The van der Waals surface area contributed by atoms with Crippen LogP contribution in [0.25, 0.3) is 0 Å². The highest BCUT2D eigenvalue weighted by Crippen LogP contribution is 2.76. The number of hydrogen-bond acceptors (Lipinski definition) is 6. The third-order valence-corrected chi connectivity index (χ3v) is 15.4. The minimum Gasteiger partial charge on any atom is -0.481 e. The van der Waals surface area contributed by atoms with E-state index in [-0.39, 0.29) is 52.0 Å². The SMILES string of the molecule is CC(C)C1=C2[C@H]3CCC4[C@@]5(C)CC[C@H](OC(=O)CC(C)(C)C(=O)O)C(C)C5CC[C@@]4(C)[C@]3(C)CC[C@@]2(CCNCc2ccncc2)CC1=O. The molecule has 270 valence electrons. The first-order chi connectivity index (χ1) is 23.0. The Kier molecular flexibility index (Phi) is 9.55. The lowest BCUT2D eigenvalue weighted by Crippen LogP contribution is -2.64. The number of carbonyl (C=O) groups excluding carboxylic acids is 2. The van der Waals surface area contributed by atoms with Crippen molar-refractivity contribution in [3.8, 4) is 0 Å². The van der Waals surface area contributed by atoms with Gasteiger partial charge in [-0.1, -0.05) is 47.1 Å². The number of nitrogens with zero attached hydrogens (tertiary/aromatic N) is 1. The van der Waals surface area contributed by atoms with Crippen LogP contribution >= 0.6 is 0 Å². The van der Waals surface area contributed by atoms with E-state index < -0.39 is 11.4 Å². The zero-order valence-corrected chi connectivity index (χ0v) is 31.5. The lowest BCUT2D eigenvalue weighted by Gasteiger charge is -2.71. The van der Waals surface area contributed by atoms with E-state index in [9.17, 15) is 19.5 Å². The number of carboxylic acids is 1. The van der Waals surface area contributed by atoms with Crippen molar-refractivity contribution >= 4 is 17.7 Å². The molecule has 0 radical (unpaired) electrons. The first-order valence-corrected chi connectivity index (χ1v) is 19.3. The summed E-state index contributed by atoms with van der Waals surface area (Å²) in [6.07, 6.45) is 13.9. The zero-order chi connectivity index (χ0) is 35.6. The Balaban J connectivity index is 1.22. The predicted octanol–water partition coefficient (Wildman–Crippen LogP) is 8.56. The number of ketones is 1. The Morgan fingerprint density at radius 3 is 2.41 bits per heavy atom. The lowest BCUT2D eigenvalue weighted by atomic mass is 9.34. The van der Waals surface area contributed by atoms with Crippen molar-refractivity contribution in [2.24, 2.45) is 56.7 Å². The number of pyridine rings is 1. The molecule has 1 heterocycles. The van der Waals surface area contributed by atoms with Crippen LogP contribution < -0.4 is 5.32 Å². The van der Waals surface area contributed by atoms with Gasteiger partial charge < -0.3 is 15.2 Å². The van der Waals surface area contributed by atoms with Gasteiger partial charge in [0.25, 0.3) is 0 Å². The summed E-state index contributed by atoms with van der Waals surface area (Å²) in [6.45, 7) is 19.4. The molecule has 4 fully saturated rings. The number of aliphatic carboxylic acids is 1. The Hall–Kier alpha value is -2.54. The van der Waals surface area contributed by atoms with Gasteiger partial charge in [0.15, 0.2) is 5.78 Å². The maximum absolute atomic E-state index is 13.9. The maximum atomic E-state index is 13.9. The number of Topliss-reactive ketones (excluding diaryl/α,β-unsaturated/α-hetero) is 1. The van der Waals surface area contributed by atoms with Gasteiger partial charge in [-0.15, -0.1) is 0 Å². The quantitative estimate of drug-likeness (QED) is 0.189. The minimum absolute atomic E-state index is 0.0257. The Bertz CT molecular complexity index is 1480. The second-order valence-corrected chi connectivity index (χ2v) is 18.6. The highest BCUT2D eigenvalue weighted by molar-refractivity contribution is 6.00. The second-order valence-electron chi connectivity index (χ2n) is 18.6. The highest BCUT2D eigenvalue weighted by atomic mass is 16.5. The predicted molar refractivity (Wildman–Crippen MR) is 191 cm³/mol. The van der Waals surface area contributed by atoms with Crippen molar-refractivity contribution in [3.05, 3.63) is 41.2 Å². The van der Waals surface area contributed by atoms with E-state index in [1.807, 2.05) is 12.4 Å². The van der Waals surface area contributed by atoms with E-state index in [0.29, 0.717) is 30.0 Å². The van der Waals surface area contributed by atoms with Crippen molar-refractivity contribution in [1.29, 1.82) is 0 Å². The summed E-state index contributed by atoms with van der Waals surface area (Å²) >= 11 is 0. The van der Waals surface area contributed by atoms with Gasteiger partial charge in [-0.3, -0.25) is 19.4 Å². The van der Waals surface area contributed by atoms with Crippen molar-refractivity contribution < 1.29 is 24.2 Å².